The number of aromatic carboxylic acids is 1. The summed E-state index contributed by atoms with van der Waals surface area (Å²) in [4.78, 5) is 12.1. The van der Waals surface area contributed by atoms with Crippen molar-refractivity contribution in [2.45, 2.75) is 25.2 Å². The molecule has 0 amide bonds. The summed E-state index contributed by atoms with van der Waals surface area (Å²) in [6.45, 7) is 4.66. The van der Waals surface area contributed by atoms with Crippen LogP contribution in [-0.4, -0.2) is 17.7 Å². The lowest BCUT2D eigenvalue weighted by Crippen LogP contribution is -2.03. The van der Waals surface area contributed by atoms with E-state index in [2.05, 4.69) is 31.7 Å². The van der Waals surface area contributed by atoms with Gasteiger partial charge in [-0.25, -0.2) is 4.79 Å². The normalized spacial score (nSPS) is 10.6. The average molecular weight is 378 g/mol. The molecular weight excluding hydrogens is 356 g/mol. The van der Waals surface area contributed by atoms with Crippen LogP contribution >= 0.6 is 12.6 Å². The van der Waals surface area contributed by atoms with Gasteiger partial charge in [-0.05, 0) is 66.4 Å². The quantitative estimate of drug-likeness (QED) is 0.551. The number of rotatable bonds is 6. The van der Waals surface area contributed by atoms with Gasteiger partial charge in [0, 0.05) is 11.3 Å². The van der Waals surface area contributed by atoms with Gasteiger partial charge >= 0.3 is 5.97 Å². The van der Waals surface area contributed by atoms with Crippen molar-refractivity contribution >= 4 is 18.6 Å². The molecule has 0 unspecified atom stereocenters. The molecule has 3 aromatic carbocycles. The molecule has 0 atom stereocenters. The number of carboxylic acids is 1. The van der Waals surface area contributed by atoms with Crippen molar-refractivity contribution < 1.29 is 14.6 Å². The van der Waals surface area contributed by atoms with Crippen LogP contribution < -0.4 is 4.74 Å². The zero-order valence-electron chi connectivity index (χ0n) is 15.4. The predicted octanol–water partition coefficient (Wildman–Crippen LogP) is 5.58. The van der Waals surface area contributed by atoms with Gasteiger partial charge in [0.15, 0.2) is 0 Å². The molecule has 3 aromatic rings. The van der Waals surface area contributed by atoms with Crippen molar-refractivity contribution in [1.29, 1.82) is 0 Å². The fraction of sp³-hybridized carbons (Fsp3) is 0.174. The van der Waals surface area contributed by atoms with Crippen molar-refractivity contribution in [3.05, 3.63) is 82.9 Å². The number of hydrogen-bond donors (Lipinski definition) is 2. The summed E-state index contributed by atoms with van der Waals surface area (Å²) >= 11 is 4.55. The Balaban J connectivity index is 1.75. The first-order chi connectivity index (χ1) is 12.9. The molecule has 3 rings (SSSR count). The van der Waals surface area contributed by atoms with E-state index in [4.69, 9.17) is 4.74 Å². The van der Waals surface area contributed by atoms with Gasteiger partial charge in [-0.3, -0.25) is 0 Å². The van der Waals surface area contributed by atoms with Gasteiger partial charge in [0.1, 0.15) is 5.75 Å². The highest BCUT2D eigenvalue weighted by atomic mass is 32.1. The molecule has 0 saturated carbocycles. The van der Waals surface area contributed by atoms with E-state index in [-0.39, 0.29) is 5.56 Å². The highest BCUT2D eigenvalue weighted by Crippen LogP contribution is 2.26. The molecule has 0 bridgehead atoms. The van der Waals surface area contributed by atoms with Gasteiger partial charge in [0.05, 0.1) is 12.2 Å². The Morgan fingerprint density at radius 3 is 2.52 bits per heavy atom. The summed E-state index contributed by atoms with van der Waals surface area (Å²) in [7, 11) is 0. The van der Waals surface area contributed by atoms with Gasteiger partial charge < -0.3 is 9.84 Å². The van der Waals surface area contributed by atoms with E-state index in [1.165, 1.54) is 5.56 Å². The molecule has 4 heteroatoms. The molecule has 0 heterocycles. The highest BCUT2D eigenvalue weighted by molar-refractivity contribution is 7.80. The van der Waals surface area contributed by atoms with Crippen LogP contribution in [0.4, 0.5) is 0 Å². The second-order valence-electron chi connectivity index (χ2n) is 6.60. The Hall–Kier alpha value is -2.72. The third-order valence-electron chi connectivity index (χ3n) is 4.48. The minimum absolute atomic E-state index is 0.280. The van der Waals surface area contributed by atoms with Crippen LogP contribution in [0, 0.1) is 13.8 Å². The van der Waals surface area contributed by atoms with E-state index < -0.39 is 5.97 Å². The lowest BCUT2D eigenvalue weighted by molar-refractivity contribution is 0.0697. The van der Waals surface area contributed by atoms with Crippen LogP contribution in [0.15, 0.2) is 65.6 Å². The summed E-state index contributed by atoms with van der Waals surface area (Å²) in [6, 6.07) is 19.1. The van der Waals surface area contributed by atoms with Crippen LogP contribution in [-0.2, 0) is 6.42 Å². The van der Waals surface area contributed by atoms with E-state index in [1.807, 2.05) is 37.3 Å². The van der Waals surface area contributed by atoms with Gasteiger partial charge in [-0.15, -0.1) is 12.6 Å². The minimum Gasteiger partial charge on any atom is -0.493 e. The Kier molecular flexibility index (Phi) is 5.87. The molecular formula is C23H22O3S. The molecule has 0 aliphatic rings. The number of thiol groups is 1. The first-order valence-electron chi connectivity index (χ1n) is 8.80. The Morgan fingerprint density at radius 1 is 1.00 bits per heavy atom. The number of carboxylic acid groups (broad SMARTS) is 1. The summed E-state index contributed by atoms with van der Waals surface area (Å²) in [5.41, 5.74) is 5.54. The number of hydrogen-bond acceptors (Lipinski definition) is 3. The summed E-state index contributed by atoms with van der Waals surface area (Å²) in [6.07, 6.45) is 0.721. The van der Waals surface area contributed by atoms with Crippen molar-refractivity contribution in [2.24, 2.45) is 0 Å². The molecule has 0 aliphatic carbocycles. The maximum Gasteiger partial charge on any atom is 0.335 e. The molecule has 138 valence electrons. The van der Waals surface area contributed by atoms with Crippen molar-refractivity contribution in [3.8, 4) is 16.9 Å². The number of aryl methyl sites for hydroxylation is 2. The Bertz CT molecular complexity index is 979. The van der Waals surface area contributed by atoms with E-state index in [0.717, 1.165) is 39.3 Å². The van der Waals surface area contributed by atoms with Gasteiger partial charge in [-0.1, -0.05) is 35.9 Å². The zero-order valence-corrected chi connectivity index (χ0v) is 16.3. The topological polar surface area (TPSA) is 46.5 Å². The fourth-order valence-electron chi connectivity index (χ4n) is 3.03. The maximum atomic E-state index is 11.2. The molecule has 1 N–H and O–H groups in total. The molecule has 0 aromatic heterocycles. The minimum atomic E-state index is -0.926. The van der Waals surface area contributed by atoms with E-state index >= 15 is 0 Å². The van der Waals surface area contributed by atoms with E-state index in [1.54, 1.807) is 18.2 Å². The lowest BCUT2D eigenvalue weighted by atomic mass is 10.00. The molecule has 27 heavy (non-hydrogen) atoms. The zero-order chi connectivity index (χ0) is 19.4. The van der Waals surface area contributed by atoms with Gasteiger partial charge in [-0.2, -0.15) is 0 Å². The SMILES string of the molecule is Cc1ccc(OCCc2cc(-c3cccc(C(=O)O)c3)ccc2S)c(C)c1. The first-order valence-corrected chi connectivity index (χ1v) is 9.24. The lowest BCUT2D eigenvalue weighted by Gasteiger charge is -2.12. The second kappa shape index (κ2) is 8.31. The standard InChI is InChI=1S/C23H22O3S/c1-15-6-8-21(16(2)12-15)26-11-10-19-13-18(7-9-22(19)27)17-4-3-5-20(14-17)23(24)25/h3-9,12-14,27H,10-11H2,1-2H3,(H,24,25). The Morgan fingerprint density at radius 2 is 1.78 bits per heavy atom. The molecule has 0 aliphatic heterocycles. The molecule has 0 radical (unpaired) electrons. The van der Waals surface area contributed by atoms with Crippen molar-refractivity contribution in [1.82, 2.24) is 0 Å². The number of benzene rings is 3. The van der Waals surface area contributed by atoms with Crippen LogP contribution in [0.5, 0.6) is 5.75 Å². The third kappa shape index (κ3) is 4.72. The Labute approximate surface area is 165 Å². The monoisotopic (exact) mass is 378 g/mol. The smallest absolute Gasteiger partial charge is 0.335 e. The maximum absolute atomic E-state index is 11.2. The fourth-order valence-corrected chi connectivity index (χ4v) is 3.28. The third-order valence-corrected chi connectivity index (χ3v) is 4.92. The highest BCUT2D eigenvalue weighted by Gasteiger charge is 2.08. The number of carbonyl (C=O) groups is 1. The van der Waals surface area contributed by atoms with Crippen LogP contribution in [0.25, 0.3) is 11.1 Å². The first kappa shape index (κ1) is 19.1. The van der Waals surface area contributed by atoms with E-state index in [0.29, 0.717) is 6.61 Å². The van der Waals surface area contributed by atoms with E-state index in [9.17, 15) is 9.90 Å². The van der Waals surface area contributed by atoms with Crippen molar-refractivity contribution in [2.75, 3.05) is 6.61 Å². The van der Waals surface area contributed by atoms with Crippen LogP contribution in [0.2, 0.25) is 0 Å². The molecule has 0 saturated heterocycles. The molecule has 0 fully saturated rings. The largest absolute Gasteiger partial charge is 0.493 e. The second-order valence-corrected chi connectivity index (χ2v) is 7.08. The number of ether oxygens (including phenoxy) is 1. The molecule has 0 spiro atoms. The van der Waals surface area contributed by atoms with Crippen LogP contribution in [0.3, 0.4) is 0 Å². The van der Waals surface area contributed by atoms with Crippen LogP contribution in [0.1, 0.15) is 27.0 Å². The van der Waals surface area contributed by atoms with Gasteiger partial charge in [0.25, 0.3) is 0 Å². The van der Waals surface area contributed by atoms with Crippen molar-refractivity contribution in [3.63, 3.8) is 0 Å². The summed E-state index contributed by atoms with van der Waals surface area (Å²) < 4.78 is 5.94. The predicted molar refractivity (Wildman–Crippen MR) is 111 cm³/mol. The summed E-state index contributed by atoms with van der Waals surface area (Å²) in [5, 5.41) is 9.19. The van der Waals surface area contributed by atoms with Gasteiger partial charge in [0.2, 0.25) is 0 Å². The average Bonchev–Trinajstić information content (AvgIpc) is 2.65. The molecule has 3 nitrogen and oxygen atoms in total. The summed E-state index contributed by atoms with van der Waals surface area (Å²) in [5.74, 6) is -0.0311.